The fourth-order valence-electron chi connectivity index (χ4n) is 12.2. The molecule has 6 atom stereocenters. The zero-order valence-electron chi connectivity index (χ0n) is 58.3. The lowest BCUT2D eigenvalue weighted by Crippen LogP contribution is -2.34. The first-order valence-electron chi connectivity index (χ1n) is 33.2. The molecule has 3 aliphatic rings. The van der Waals surface area contributed by atoms with Gasteiger partial charge >= 0.3 is 23.5 Å². The monoisotopic (exact) mass is 1550 g/mol. The van der Waals surface area contributed by atoms with Crippen LogP contribution in [0.5, 0.6) is 5.75 Å². The van der Waals surface area contributed by atoms with E-state index in [1.165, 1.54) is 28.5 Å². The molecular weight excluding hydrogens is 1470 g/mol. The number of nitrogens with one attached hydrogen (secondary N) is 3. The number of fused-ring (bicyclic) bond motifs is 3. The van der Waals surface area contributed by atoms with Crippen LogP contribution in [0.4, 0.5) is 22.9 Å². The standard InChI is InChI=1S/C67H79N16O20P3S/c1-66(2)50-23-13-14-24-53(50)83(47-20-8-5-9-21-47)57(66)26-11-6-10-25-56-67(3,4)51-37-49(107(71,94)95)28-29-52(51)81(56)33-15-7-12-27-58(84)73-31-32-74-65(86)45-18-16-22-48(36-45)98-42-60(78-80-70)97-35-34-96-41-59(85)72-30-17-19-46-39-82(64-62(46)63(68)75-43-76-64)61-38-54(99-44-77-79-69)55(101-61)40-100-105(90,91)103-106(92,93)102-104(87,88)89/h5-6,8-11,13-14,16,18,20-26,28-29,36-37,39,43,54-55,60-61H,7,12,15,27,30-35,38,40-42,44H2,1-4H3,(H10-,68,71,72,73,74,75,76,84,85,86,87,88,89,90,91,92,93,94,95)/p+1. The number of phosphoric acid groups is 3. The Kier molecular flexibility index (Phi) is 27.8. The average molecular weight is 1550 g/mol. The van der Waals surface area contributed by atoms with Gasteiger partial charge < -0.3 is 74.4 Å². The molecule has 3 amide bonds. The van der Waals surface area contributed by atoms with Crippen molar-refractivity contribution in [1.29, 1.82) is 0 Å². The average Bonchev–Trinajstić information content (AvgIpc) is 1.60. The van der Waals surface area contributed by atoms with Gasteiger partial charge in [-0.3, -0.25) is 18.9 Å². The number of anilines is 3. The molecule has 6 unspecified atom stereocenters. The first kappa shape index (κ1) is 81.6. The molecule has 1 fully saturated rings. The van der Waals surface area contributed by atoms with Crippen LogP contribution < -0.4 is 36.5 Å². The number of ether oxygens (including phenoxy) is 5. The Morgan fingerprint density at radius 3 is 2.38 bits per heavy atom. The number of para-hydroxylation sites is 2. The quantitative estimate of drug-likeness (QED) is 0.00257. The molecule has 9 rings (SSSR count). The van der Waals surface area contributed by atoms with Crippen LogP contribution >= 0.6 is 23.5 Å². The van der Waals surface area contributed by atoms with Gasteiger partial charge in [0.1, 0.15) is 62.4 Å². The molecule has 568 valence electrons. The molecule has 1 saturated heterocycles. The summed E-state index contributed by atoms with van der Waals surface area (Å²) in [4.78, 5) is 92.1. The van der Waals surface area contributed by atoms with Crippen molar-refractivity contribution >= 4 is 90.8 Å². The molecule has 5 heterocycles. The van der Waals surface area contributed by atoms with Crippen LogP contribution in [0, 0.1) is 11.8 Å². The number of benzene rings is 4. The molecule has 0 bridgehead atoms. The number of sulfonamides is 1. The van der Waals surface area contributed by atoms with Gasteiger partial charge in [0.05, 0.1) is 53.7 Å². The third-order valence-corrected chi connectivity index (χ3v) is 21.8. The maximum absolute atomic E-state index is 13.2. The van der Waals surface area contributed by atoms with E-state index < -0.39 is 95.3 Å². The van der Waals surface area contributed by atoms with Gasteiger partial charge in [0.2, 0.25) is 27.5 Å². The van der Waals surface area contributed by atoms with Crippen LogP contribution in [-0.4, -0.2) is 155 Å². The Morgan fingerprint density at radius 1 is 0.860 bits per heavy atom. The number of carbonyl (C=O) groups excluding carboxylic acids is 3. The van der Waals surface area contributed by atoms with Gasteiger partial charge in [-0.05, 0) is 97.9 Å². The van der Waals surface area contributed by atoms with Crippen LogP contribution in [-0.2, 0) is 76.2 Å². The van der Waals surface area contributed by atoms with E-state index in [9.17, 15) is 51.8 Å². The predicted molar refractivity (Wildman–Crippen MR) is 390 cm³/mol. The number of nitrogens with two attached hydrogens (primary N) is 2. The van der Waals surface area contributed by atoms with Crippen molar-refractivity contribution in [3.63, 3.8) is 0 Å². The van der Waals surface area contributed by atoms with E-state index in [1.807, 2.05) is 36.4 Å². The zero-order chi connectivity index (χ0) is 77.2. The van der Waals surface area contributed by atoms with Gasteiger partial charge in [-0.2, -0.15) is 13.2 Å². The summed E-state index contributed by atoms with van der Waals surface area (Å²) in [5, 5.41) is 21.0. The van der Waals surface area contributed by atoms with Gasteiger partial charge in [-0.15, -0.1) is 0 Å². The van der Waals surface area contributed by atoms with Crippen molar-refractivity contribution < 1.29 is 97.5 Å². The first-order valence-corrected chi connectivity index (χ1v) is 39.2. The Hall–Kier alpha value is -9.46. The molecule has 4 aromatic carbocycles. The second kappa shape index (κ2) is 36.4. The van der Waals surface area contributed by atoms with E-state index in [0.717, 1.165) is 53.2 Å². The third-order valence-electron chi connectivity index (χ3n) is 17.0. The van der Waals surface area contributed by atoms with Gasteiger partial charge in [0.25, 0.3) is 5.91 Å². The van der Waals surface area contributed by atoms with E-state index in [1.54, 1.807) is 30.3 Å². The number of unbranched alkanes of at least 4 members (excludes halogenated alkanes) is 2. The Balaban J connectivity index is 0.681. The molecule has 2 aromatic heterocycles. The highest BCUT2D eigenvalue weighted by molar-refractivity contribution is 7.89. The van der Waals surface area contributed by atoms with E-state index in [2.05, 4.69) is 152 Å². The Labute approximate surface area is 614 Å². The molecule has 0 spiro atoms. The predicted octanol–water partition coefficient (Wildman–Crippen LogP) is 8.77. The number of hydrogen-bond acceptors (Lipinski definition) is 22. The largest absolute Gasteiger partial charge is 0.491 e. The summed E-state index contributed by atoms with van der Waals surface area (Å²) in [5.74, 6) is 4.76. The van der Waals surface area contributed by atoms with Gasteiger partial charge in [0.15, 0.2) is 11.9 Å². The van der Waals surface area contributed by atoms with Crippen molar-refractivity contribution in [3.8, 4) is 17.6 Å². The summed E-state index contributed by atoms with van der Waals surface area (Å²) < 4.78 is 105. The van der Waals surface area contributed by atoms with Crippen molar-refractivity contribution in [2.24, 2.45) is 15.4 Å². The highest BCUT2D eigenvalue weighted by atomic mass is 32.2. The lowest BCUT2D eigenvalue weighted by Gasteiger charge is -2.27. The molecule has 0 aliphatic carbocycles. The Bertz CT molecular complexity index is 4840. The molecule has 107 heavy (non-hydrogen) atoms. The van der Waals surface area contributed by atoms with Crippen LogP contribution in [0.25, 0.3) is 31.9 Å². The summed E-state index contributed by atoms with van der Waals surface area (Å²) in [6, 6.07) is 29.9. The van der Waals surface area contributed by atoms with Crippen LogP contribution in [0.15, 0.2) is 161 Å². The van der Waals surface area contributed by atoms with Gasteiger partial charge in [-0.1, -0.05) is 96.6 Å². The summed E-state index contributed by atoms with van der Waals surface area (Å²) in [5.41, 5.74) is 31.3. The number of nitrogens with zero attached hydrogens (tertiary/aromatic N) is 11. The van der Waals surface area contributed by atoms with Crippen molar-refractivity contribution in [3.05, 3.63) is 189 Å². The summed E-state index contributed by atoms with van der Waals surface area (Å²) in [6.45, 7) is 6.96. The van der Waals surface area contributed by atoms with Crippen molar-refractivity contribution in [2.45, 2.75) is 100 Å². The first-order chi connectivity index (χ1) is 50.9. The number of azide groups is 2. The number of amides is 3. The lowest BCUT2D eigenvalue weighted by atomic mass is 9.81. The van der Waals surface area contributed by atoms with E-state index in [0.29, 0.717) is 13.0 Å². The molecule has 6 aromatic rings. The molecule has 11 N–H and O–H groups in total. The Morgan fingerprint density at radius 2 is 1.63 bits per heavy atom. The highest BCUT2D eigenvalue weighted by Crippen LogP contribution is 2.66. The number of aromatic nitrogens is 3. The van der Waals surface area contributed by atoms with E-state index >= 15 is 0 Å². The number of primary sulfonamides is 1. The number of phosphoric ester groups is 1. The minimum atomic E-state index is -5.83. The summed E-state index contributed by atoms with van der Waals surface area (Å²) >= 11 is 0. The molecular formula is C67H80N16O20P3S+. The van der Waals surface area contributed by atoms with Crippen molar-refractivity contribution in [1.82, 2.24) is 30.5 Å². The molecule has 0 saturated carbocycles. The molecule has 36 nitrogen and oxygen atoms in total. The van der Waals surface area contributed by atoms with Crippen LogP contribution in [0.2, 0.25) is 0 Å². The normalized spacial score (nSPS) is 18.4. The van der Waals surface area contributed by atoms with Gasteiger partial charge in [-0.25, -0.2) is 37.2 Å². The summed E-state index contributed by atoms with van der Waals surface area (Å²) in [7, 11) is -21.0. The maximum atomic E-state index is 13.2. The topological polar surface area (TPSA) is 514 Å². The number of rotatable bonds is 37. The van der Waals surface area contributed by atoms with E-state index in [-0.39, 0.29) is 102 Å². The number of nitrogen functional groups attached to an aromatic ring is 1. The smallest absolute Gasteiger partial charge is 0.490 e. The fourth-order valence-corrected chi connectivity index (χ4v) is 15.7. The highest BCUT2D eigenvalue weighted by Gasteiger charge is 2.47. The second-order valence-electron chi connectivity index (χ2n) is 25.1. The van der Waals surface area contributed by atoms with Crippen LogP contribution in [0.3, 0.4) is 0 Å². The van der Waals surface area contributed by atoms with Gasteiger partial charge in [0, 0.05) is 94.1 Å². The van der Waals surface area contributed by atoms with Crippen LogP contribution in [0.1, 0.15) is 93.1 Å². The van der Waals surface area contributed by atoms with E-state index in [4.69, 9.17) is 54.4 Å². The number of carbonyl (C=O) groups is 3. The van der Waals surface area contributed by atoms with Crippen molar-refractivity contribution in [2.75, 3.05) is 76.6 Å². The minimum Gasteiger partial charge on any atom is -0.491 e. The number of allylic oxidation sites excluding steroid dienone is 6. The number of hydrogen-bond donors (Lipinski definition) is 9. The SMILES string of the molecule is CC1(C)C(=CC=CC=CC2=[N+](CCCCCC(=O)NCCNC(=O)c3cccc(OCC(N=[N+]=[N-])OCCOCC(=O)NCC#Cc4cn(C5CC(OCN=[N+]=[N-])C(COP(=O)(O)OP(=O)(O)OP(=O)(O)O)O5)c5ncnc(N)c45)c3)c3ccc(S(N)(=O)=O)cc3C2(C)C)N(c2ccccc2)c2ccccc21. The molecule has 40 heteroatoms. The second-order valence-corrected chi connectivity index (χ2v) is 31.1. The molecule has 3 aliphatic heterocycles. The third kappa shape index (κ3) is 22.1. The molecule has 0 radical (unpaired) electrons. The summed E-state index contributed by atoms with van der Waals surface area (Å²) in [6.07, 6.45) is 10.6. The minimum absolute atomic E-state index is 0.00294. The zero-order valence-corrected chi connectivity index (χ0v) is 61.8. The fraction of sp³-hybridized carbons (Fsp3) is 0.373. The lowest BCUT2D eigenvalue weighted by molar-refractivity contribution is -0.438. The maximum Gasteiger partial charge on any atom is 0.490 e.